The second-order valence-electron chi connectivity index (χ2n) is 6.15. The smallest absolute Gasteiger partial charge is 0.0779 e. The van der Waals surface area contributed by atoms with E-state index in [1.165, 1.54) is 51.4 Å². The molecule has 100 valence electrons. The monoisotopic (exact) mass is 240 g/mol. The maximum absolute atomic E-state index is 6.03. The average molecular weight is 240 g/mol. The summed E-state index contributed by atoms with van der Waals surface area (Å²) in [6.07, 6.45) is 10.2. The normalized spacial score (nSPS) is 33.5. The number of ether oxygens (including phenoxy) is 1. The van der Waals surface area contributed by atoms with Gasteiger partial charge >= 0.3 is 0 Å². The van der Waals surface area contributed by atoms with Gasteiger partial charge in [-0.2, -0.15) is 0 Å². The Morgan fingerprint density at radius 2 is 1.76 bits per heavy atom. The van der Waals surface area contributed by atoms with Crippen LogP contribution in [0, 0.1) is 0 Å². The van der Waals surface area contributed by atoms with Gasteiger partial charge in [-0.3, -0.25) is 0 Å². The molecule has 2 rings (SSSR count). The van der Waals surface area contributed by atoms with Crippen LogP contribution in [-0.4, -0.2) is 30.8 Å². The molecule has 2 fully saturated rings. The Morgan fingerprint density at radius 3 is 2.29 bits per heavy atom. The van der Waals surface area contributed by atoms with E-state index in [1.807, 2.05) is 0 Å². The molecule has 0 amide bonds. The topological polar surface area (TPSA) is 47.3 Å². The molecule has 3 nitrogen and oxygen atoms in total. The quantitative estimate of drug-likeness (QED) is 0.741. The van der Waals surface area contributed by atoms with E-state index in [4.69, 9.17) is 10.5 Å². The molecule has 1 aliphatic carbocycles. The molecule has 0 spiro atoms. The first-order chi connectivity index (χ1) is 8.18. The summed E-state index contributed by atoms with van der Waals surface area (Å²) in [6, 6.07) is 0. The number of hydrogen-bond donors (Lipinski definition) is 2. The van der Waals surface area contributed by atoms with Crippen LogP contribution in [-0.2, 0) is 4.74 Å². The predicted molar refractivity (Wildman–Crippen MR) is 71.1 cm³/mol. The molecule has 3 heteroatoms. The molecule has 1 saturated carbocycles. The molecule has 0 radical (unpaired) electrons. The van der Waals surface area contributed by atoms with Crippen LogP contribution in [0.5, 0.6) is 0 Å². The molecule has 1 saturated heterocycles. The van der Waals surface area contributed by atoms with Gasteiger partial charge in [0, 0.05) is 25.2 Å². The van der Waals surface area contributed by atoms with E-state index in [-0.39, 0.29) is 11.1 Å². The molecule has 0 bridgehead atoms. The van der Waals surface area contributed by atoms with Crippen molar-refractivity contribution in [3.05, 3.63) is 0 Å². The standard InChI is InChI=1S/C14H28N2O/c1-13(7-6-10-17-13)12-16-14(11-15)8-4-2-3-5-9-14/h16H,2-12,15H2,1H3. The lowest BCUT2D eigenvalue weighted by Gasteiger charge is -2.36. The van der Waals surface area contributed by atoms with Crippen LogP contribution < -0.4 is 11.1 Å². The van der Waals surface area contributed by atoms with Crippen molar-refractivity contribution < 1.29 is 4.74 Å². The van der Waals surface area contributed by atoms with Crippen molar-refractivity contribution in [2.45, 2.75) is 69.4 Å². The summed E-state index contributed by atoms with van der Waals surface area (Å²) in [4.78, 5) is 0. The van der Waals surface area contributed by atoms with Crippen LogP contribution in [0.15, 0.2) is 0 Å². The Bertz CT molecular complexity index is 228. The van der Waals surface area contributed by atoms with Gasteiger partial charge in [0.05, 0.1) is 5.60 Å². The van der Waals surface area contributed by atoms with Crippen molar-refractivity contribution in [1.82, 2.24) is 5.32 Å². The van der Waals surface area contributed by atoms with E-state index in [0.717, 1.165) is 19.7 Å². The van der Waals surface area contributed by atoms with Crippen LogP contribution in [0.3, 0.4) is 0 Å². The van der Waals surface area contributed by atoms with Crippen molar-refractivity contribution in [3.8, 4) is 0 Å². The highest BCUT2D eigenvalue weighted by Gasteiger charge is 2.35. The second kappa shape index (κ2) is 5.68. The highest BCUT2D eigenvalue weighted by atomic mass is 16.5. The summed E-state index contributed by atoms with van der Waals surface area (Å²) < 4.78 is 5.85. The van der Waals surface area contributed by atoms with Crippen molar-refractivity contribution in [2.24, 2.45) is 5.73 Å². The third kappa shape index (κ3) is 3.43. The third-order valence-corrected chi connectivity index (χ3v) is 4.59. The lowest BCUT2D eigenvalue weighted by Crippen LogP contribution is -2.55. The Kier molecular flexibility index (Phi) is 4.45. The maximum Gasteiger partial charge on any atom is 0.0779 e. The molecule has 1 heterocycles. The largest absolute Gasteiger partial charge is 0.374 e. The van der Waals surface area contributed by atoms with E-state index >= 15 is 0 Å². The van der Waals surface area contributed by atoms with Crippen molar-refractivity contribution in [3.63, 3.8) is 0 Å². The number of nitrogens with two attached hydrogens (primary N) is 1. The first-order valence-electron chi connectivity index (χ1n) is 7.27. The number of nitrogens with one attached hydrogen (secondary N) is 1. The lowest BCUT2D eigenvalue weighted by molar-refractivity contribution is 0.0134. The van der Waals surface area contributed by atoms with E-state index < -0.39 is 0 Å². The fourth-order valence-corrected chi connectivity index (χ4v) is 3.21. The number of rotatable bonds is 4. The highest BCUT2D eigenvalue weighted by Crippen LogP contribution is 2.29. The summed E-state index contributed by atoms with van der Waals surface area (Å²) >= 11 is 0. The van der Waals surface area contributed by atoms with Crippen LogP contribution in [0.1, 0.15) is 58.3 Å². The molecule has 1 aliphatic heterocycles. The first kappa shape index (κ1) is 13.3. The van der Waals surface area contributed by atoms with Crippen LogP contribution >= 0.6 is 0 Å². The Balaban J connectivity index is 1.89. The summed E-state index contributed by atoms with van der Waals surface area (Å²) in [5, 5.41) is 3.76. The summed E-state index contributed by atoms with van der Waals surface area (Å²) in [5.74, 6) is 0. The van der Waals surface area contributed by atoms with Crippen molar-refractivity contribution >= 4 is 0 Å². The van der Waals surface area contributed by atoms with Crippen molar-refractivity contribution in [2.75, 3.05) is 19.7 Å². The molecule has 1 unspecified atom stereocenters. The van der Waals surface area contributed by atoms with Crippen LogP contribution in [0.2, 0.25) is 0 Å². The third-order valence-electron chi connectivity index (χ3n) is 4.59. The molecule has 3 N–H and O–H groups in total. The zero-order valence-corrected chi connectivity index (χ0v) is 11.3. The van der Waals surface area contributed by atoms with Gasteiger partial charge in [0.15, 0.2) is 0 Å². The zero-order valence-electron chi connectivity index (χ0n) is 11.3. The minimum atomic E-state index is 0.0501. The van der Waals surface area contributed by atoms with Gasteiger partial charge < -0.3 is 15.8 Å². The first-order valence-corrected chi connectivity index (χ1v) is 7.27. The molecule has 0 aromatic rings. The molecule has 1 atom stereocenters. The summed E-state index contributed by atoms with van der Waals surface area (Å²) in [5.41, 5.74) is 6.27. The molecule has 0 aromatic carbocycles. The highest BCUT2D eigenvalue weighted by molar-refractivity contribution is 4.94. The predicted octanol–water partition coefficient (Wildman–Crippen LogP) is 2.20. The van der Waals surface area contributed by atoms with Gasteiger partial charge in [0.2, 0.25) is 0 Å². The minimum absolute atomic E-state index is 0.0501. The van der Waals surface area contributed by atoms with Crippen molar-refractivity contribution in [1.29, 1.82) is 0 Å². The van der Waals surface area contributed by atoms with E-state index in [1.54, 1.807) is 0 Å². The van der Waals surface area contributed by atoms with E-state index in [9.17, 15) is 0 Å². The SMILES string of the molecule is CC1(CNC2(CN)CCCCCC2)CCCO1. The van der Waals surface area contributed by atoms with Crippen LogP contribution in [0.25, 0.3) is 0 Å². The molecular formula is C14H28N2O. The molecular weight excluding hydrogens is 212 g/mol. The summed E-state index contributed by atoms with van der Waals surface area (Å²) in [6.45, 7) is 4.88. The summed E-state index contributed by atoms with van der Waals surface area (Å²) in [7, 11) is 0. The van der Waals surface area contributed by atoms with E-state index in [0.29, 0.717) is 0 Å². The Morgan fingerprint density at radius 1 is 1.06 bits per heavy atom. The Labute approximate surface area is 105 Å². The molecule has 17 heavy (non-hydrogen) atoms. The van der Waals surface area contributed by atoms with Gasteiger partial charge in [-0.15, -0.1) is 0 Å². The average Bonchev–Trinajstić information content (AvgIpc) is 2.65. The second-order valence-corrected chi connectivity index (χ2v) is 6.15. The van der Waals surface area contributed by atoms with Gasteiger partial charge in [0.1, 0.15) is 0 Å². The zero-order chi connectivity index (χ0) is 12.2. The van der Waals surface area contributed by atoms with Crippen LogP contribution in [0.4, 0.5) is 0 Å². The fourth-order valence-electron chi connectivity index (χ4n) is 3.21. The molecule has 0 aromatic heterocycles. The van der Waals surface area contributed by atoms with E-state index in [2.05, 4.69) is 12.2 Å². The Hall–Kier alpha value is -0.120. The number of hydrogen-bond acceptors (Lipinski definition) is 3. The maximum atomic E-state index is 6.03. The fraction of sp³-hybridized carbons (Fsp3) is 1.00. The van der Waals surface area contributed by atoms with Gasteiger partial charge in [-0.05, 0) is 32.6 Å². The van der Waals surface area contributed by atoms with Gasteiger partial charge in [-0.1, -0.05) is 25.7 Å². The van der Waals surface area contributed by atoms with Gasteiger partial charge in [-0.25, -0.2) is 0 Å². The lowest BCUT2D eigenvalue weighted by atomic mass is 9.89. The minimum Gasteiger partial charge on any atom is -0.374 e. The van der Waals surface area contributed by atoms with Gasteiger partial charge in [0.25, 0.3) is 0 Å². The molecule has 2 aliphatic rings.